The number of nitrogens with one attached hydrogen (secondary N) is 2. The predicted octanol–water partition coefficient (Wildman–Crippen LogP) is -0.216. The van der Waals surface area contributed by atoms with Crippen LogP contribution >= 0.6 is 0 Å². The molecule has 0 aliphatic carbocycles. The van der Waals surface area contributed by atoms with Crippen LogP contribution in [0, 0.1) is 0 Å². The van der Waals surface area contributed by atoms with E-state index in [-0.39, 0.29) is 18.0 Å². The fourth-order valence-electron chi connectivity index (χ4n) is 2.59. The van der Waals surface area contributed by atoms with Crippen LogP contribution in [0.2, 0.25) is 0 Å². The molecule has 0 saturated carbocycles. The molecular formula is C10H16N2O2. The first-order valence-corrected chi connectivity index (χ1v) is 5.52. The summed E-state index contributed by atoms with van der Waals surface area (Å²) < 4.78 is 5.68. The standard InChI is InChI=1S/C10H16N2O2/c13-10(7-3-4-11-7)12-8-5-6-1-2-9(8)14-6/h6-9,11H,1-5H2,(H,12,13). The van der Waals surface area contributed by atoms with Crippen molar-refractivity contribution in [1.82, 2.24) is 10.6 Å². The molecule has 78 valence electrons. The highest BCUT2D eigenvalue weighted by Crippen LogP contribution is 2.34. The van der Waals surface area contributed by atoms with Crippen LogP contribution < -0.4 is 10.6 Å². The minimum absolute atomic E-state index is 0.0640. The molecule has 3 aliphatic heterocycles. The van der Waals surface area contributed by atoms with Gasteiger partial charge in [-0.05, 0) is 32.2 Å². The van der Waals surface area contributed by atoms with Crippen molar-refractivity contribution in [3.8, 4) is 0 Å². The second-order valence-electron chi connectivity index (χ2n) is 4.52. The Hall–Kier alpha value is -0.610. The Bertz CT molecular complexity index is 253. The summed E-state index contributed by atoms with van der Waals surface area (Å²) in [6.07, 6.45) is 5.01. The predicted molar refractivity (Wildman–Crippen MR) is 50.9 cm³/mol. The molecule has 4 atom stereocenters. The van der Waals surface area contributed by atoms with E-state index >= 15 is 0 Å². The molecule has 0 aromatic carbocycles. The number of hydrogen-bond donors (Lipinski definition) is 2. The fraction of sp³-hybridized carbons (Fsp3) is 0.900. The summed E-state index contributed by atoms with van der Waals surface area (Å²) in [5.41, 5.74) is 0. The molecule has 3 saturated heterocycles. The van der Waals surface area contributed by atoms with Crippen molar-refractivity contribution in [3.63, 3.8) is 0 Å². The molecule has 2 N–H and O–H groups in total. The second kappa shape index (κ2) is 3.21. The van der Waals surface area contributed by atoms with Crippen molar-refractivity contribution >= 4 is 5.91 Å². The van der Waals surface area contributed by atoms with Crippen LogP contribution in [0.4, 0.5) is 0 Å². The van der Waals surface area contributed by atoms with E-state index in [0.29, 0.717) is 12.2 Å². The molecule has 3 rings (SSSR count). The quantitative estimate of drug-likeness (QED) is 0.642. The maximum atomic E-state index is 11.6. The monoisotopic (exact) mass is 196 g/mol. The van der Waals surface area contributed by atoms with Gasteiger partial charge >= 0.3 is 0 Å². The van der Waals surface area contributed by atoms with Crippen molar-refractivity contribution in [1.29, 1.82) is 0 Å². The van der Waals surface area contributed by atoms with Crippen LogP contribution in [0.1, 0.15) is 25.7 Å². The first-order valence-electron chi connectivity index (χ1n) is 5.52. The smallest absolute Gasteiger partial charge is 0.237 e. The summed E-state index contributed by atoms with van der Waals surface area (Å²) in [4.78, 5) is 11.6. The number of rotatable bonds is 2. The van der Waals surface area contributed by atoms with Crippen LogP contribution in [0.25, 0.3) is 0 Å². The number of hydrogen-bond acceptors (Lipinski definition) is 3. The van der Waals surface area contributed by atoms with E-state index in [1.54, 1.807) is 0 Å². The lowest BCUT2D eigenvalue weighted by molar-refractivity contribution is -0.125. The molecule has 1 amide bonds. The van der Waals surface area contributed by atoms with Gasteiger partial charge in [0.25, 0.3) is 0 Å². The third-order valence-electron chi connectivity index (χ3n) is 3.57. The zero-order chi connectivity index (χ0) is 9.54. The lowest BCUT2D eigenvalue weighted by atomic mass is 9.95. The van der Waals surface area contributed by atoms with E-state index in [1.165, 1.54) is 6.42 Å². The van der Waals surface area contributed by atoms with E-state index < -0.39 is 0 Å². The molecule has 4 heteroatoms. The molecule has 2 bridgehead atoms. The average Bonchev–Trinajstić information content (AvgIpc) is 2.60. The van der Waals surface area contributed by atoms with Crippen LogP contribution in [0.15, 0.2) is 0 Å². The average molecular weight is 196 g/mol. The number of amides is 1. The summed E-state index contributed by atoms with van der Waals surface area (Å²) in [5.74, 6) is 0.164. The molecule has 3 fully saturated rings. The van der Waals surface area contributed by atoms with Gasteiger partial charge in [0.05, 0.1) is 24.3 Å². The van der Waals surface area contributed by atoms with E-state index in [2.05, 4.69) is 10.6 Å². The van der Waals surface area contributed by atoms with Crippen molar-refractivity contribution < 1.29 is 9.53 Å². The molecule has 0 spiro atoms. The second-order valence-corrected chi connectivity index (χ2v) is 4.52. The molecule has 3 heterocycles. The Morgan fingerprint density at radius 1 is 1.36 bits per heavy atom. The Kier molecular flexibility index (Phi) is 1.99. The van der Waals surface area contributed by atoms with Crippen LogP contribution in [0.5, 0.6) is 0 Å². The topological polar surface area (TPSA) is 50.4 Å². The largest absolute Gasteiger partial charge is 0.373 e. The van der Waals surface area contributed by atoms with Crippen molar-refractivity contribution in [3.05, 3.63) is 0 Å². The number of fused-ring (bicyclic) bond motifs is 2. The van der Waals surface area contributed by atoms with E-state index in [4.69, 9.17) is 4.74 Å². The Balaban J connectivity index is 1.54. The summed E-state index contributed by atoms with van der Waals surface area (Å²) in [6.45, 7) is 0.977. The van der Waals surface area contributed by atoms with Gasteiger partial charge in [-0.3, -0.25) is 4.79 Å². The molecule has 0 radical (unpaired) electrons. The number of carbonyl (C=O) groups excluding carboxylic acids is 1. The van der Waals surface area contributed by atoms with Gasteiger partial charge in [0.1, 0.15) is 0 Å². The van der Waals surface area contributed by atoms with Crippen molar-refractivity contribution in [2.24, 2.45) is 0 Å². The Morgan fingerprint density at radius 2 is 2.21 bits per heavy atom. The molecule has 14 heavy (non-hydrogen) atoms. The molecule has 0 aromatic heterocycles. The van der Waals surface area contributed by atoms with Gasteiger partial charge in [-0.25, -0.2) is 0 Å². The summed E-state index contributed by atoms with van der Waals surface area (Å²) in [5, 5.41) is 6.20. The van der Waals surface area contributed by atoms with Gasteiger partial charge in [0, 0.05) is 0 Å². The summed E-state index contributed by atoms with van der Waals surface area (Å²) in [6, 6.07) is 0.345. The molecular weight excluding hydrogens is 180 g/mol. The lowest BCUT2D eigenvalue weighted by Crippen LogP contribution is -2.56. The van der Waals surface area contributed by atoms with Gasteiger partial charge in [0.15, 0.2) is 0 Å². The highest BCUT2D eigenvalue weighted by molar-refractivity contribution is 5.83. The van der Waals surface area contributed by atoms with Crippen LogP contribution in [-0.2, 0) is 9.53 Å². The van der Waals surface area contributed by atoms with Crippen molar-refractivity contribution in [2.75, 3.05) is 6.54 Å². The van der Waals surface area contributed by atoms with E-state index in [9.17, 15) is 4.79 Å². The third kappa shape index (κ3) is 1.33. The number of ether oxygens (including phenoxy) is 1. The molecule has 3 aliphatic rings. The van der Waals surface area contributed by atoms with Gasteiger partial charge in [-0.1, -0.05) is 0 Å². The maximum absolute atomic E-state index is 11.6. The highest BCUT2D eigenvalue weighted by atomic mass is 16.5. The molecule has 0 aromatic rings. The van der Waals surface area contributed by atoms with Crippen LogP contribution in [0.3, 0.4) is 0 Å². The molecule has 4 nitrogen and oxygen atoms in total. The Labute approximate surface area is 83.4 Å². The van der Waals surface area contributed by atoms with Gasteiger partial charge in [-0.2, -0.15) is 0 Å². The van der Waals surface area contributed by atoms with E-state index in [1.807, 2.05) is 0 Å². The highest BCUT2D eigenvalue weighted by Gasteiger charge is 2.42. The SMILES string of the molecule is O=C(NC1CC2CCC1O2)C1CCN1. The van der Waals surface area contributed by atoms with Gasteiger partial charge in [0.2, 0.25) is 5.91 Å². The van der Waals surface area contributed by atoms with Crippen LogP contribution in [-0.4, -0.2) is 36.7 Å². The van der Waals surface area contributed by atoms with Gasteiger partial charge < -0.3 is 15.4 Å². The molecule has 4 unspecified atom stereocenters. The summed E-state index contributed by atoms with van der Waals surface area (Å²) in [7, 11) is 0. The van der Waals surface area contributed by atoms with Gasteiger partial charge in [-0.15, -0.1) is 0 Å². The number of carbonyl (C=O) groups is 1. The summed E-state index contributed by atoms with van der Waals surface area (Å²) >= 11 is 0. The third-order valence-corrected chi connectivity index (χ3v) is 3.57. The normalized spacial score (nSPS) is 44.9. The van der Waals surface area contributed by atoms with Crippen molar-refractivity contribution in [2.45, 2.75) is 50.0 Å². The minimum Gasteiger partial charge on any atom is -0.373 e. The first kappa shape index (κ1) is 8.68. The zero-order valence-electron chi connectivity index (χ0n) is 8.16. The Morgan fingerprint density at radius 3 is 2.71 bits per heavy atom. The lowest BCUT2D eigenvalue weighted by Gasteiger charge is -2.29. The fourth-order valence-corrected chi connectivity index (χ4v) is 2.59. The minimum atomic E-state index is 0.0640. The van der Waals surface area contributed by atoms with E-state index in [0.717, 1.165) is 25.8 Å². The first-order chi connectivity index (χ1) is 6.83. The maximum Gasteiger partial charge on any atom is 0.237 e. The zero-order valence-corrected chi connectivity index (χ0v) is 8.16.